The Labute approximate surface area is 97.5 Å². The van der Waals surface area contributed by atoms with E-state index in [-0.39, 0.29) is 24.4 Å². The summed E-state index contributed by atoms with van der Waals surface area (Å²) in [5.74, 6) is -1.09. The fourth-order valence-electron chi connectivity index (χ4n) is 1.82. The van der Waals surface area contributed by atoms with Crippen LogP contribution in [0.4, 0.5) is 15.8 Å². The summed E-state index contributed by atoms with van der Waals surface area (Å²) in [6.07, 6.45) is -1.31. The van der Waals surface area contributed by atoms with E-state index in [4.69, 9.17) is 5.11 Å². The molecule has 1 aliphatic rings. The summed E-state index contributed by atoms with van der Waals surface area (Å²) in [6, 6.07) is 2.59. The molecule has 92 valence electrons. The first-order chi connectivity index (χ1) is 8.04. The Hall–Kier alpha value is -1.66. The van der Waals surface area contributed by atoms with Gasteiger partial charge in [0.05, 0.1) is 12.3 Å². The molecule has 1 unspecified atom stereocenters. The van der Waals surface area contributed by atoms with Gasteiger partial charge in [0.25, 0.3) is 5.91 Å². The smallest absolute Gasteiger partial charge is 0.257 e. The highest BCUT2D eigenvalue weighted by molar-refractivity contribution is 6.02. The van der Waals surface area contributed by atoms with Crippen LogP contribution in [-0.2, 0) is 4.79 Å². The van der Waals surface area contributed by atoms with E-state index in [1.807, 2.05) is 0 Å². The van der Waals surface area contributed by atoms with Gasteiger partial charge in [-0.05, 0) is 12.1 Å². The second-order valence-corrected chi connectivity index (χ2v) is 3.93. The van der Waals surface area contributed by atoms with Gasteiger partial charge >= 0.3 is 0 Å². The molecule has 0 radical (unpaired) electrons. The van der Waals surface area contributed by atoms with E-state index >= 15 is 0 Å². The van der Waals surface area contributed by atoms with Gasteiger partial charge in [-0.3, -0.25) is 4.79 Å². The molecular formula is C11H13FN2O3. The van der Waals surface area contributed by atoms with Crippen LogP contribution in [0.15, 0.2) is 12.1 Å². The molecule has 1 aromatic rings. The molecule has 0 aliphatic carbocycles. The van der Waals surface area contributed by atoms with Crippen molar-refractivity contribution in [2.24, 2.45) is 0 Å². The zero-order chi connectivity index (χ0) is 12.6. The number of amides is 1. The van der Waals surface area contributed by atoms with E-state index in [9.17, 15) is 14.3 Å². The molecule has 1 aliphatic heterocycles. The van der Waals surface area contributed by atoms with Gasteiger partial charge in [-0.15, -0.1) is 0 Å². The van der Waals surface area contributed by atoms with Crippen molar-refractivity contribution in [3.63, 3.8) is 0 Å². The number of nitrogens with zero attached hydrogens (tertiary/aromatic N) is 1. The SMILES string of the molecule is CN(CCO)c1cc2c(cc1F)C(O)C(=O)N2. The van der Waals surface area contributed by atoms with Crippen molar-refractivity contribution in [3.05, 3.63) is 23.5 Å². The van der Waals surface area contributed by atoms with Crippen LogP contribution in [0.5, 0.6) is 0 Å². The summed E-state index contributed by atoms with van der Waals surface area (Å²) in [6.45, 7) is 0.189. The number of rotatable bonds is 3. The molecule has 0 saturated heterocycles. The molecule has 0 saturated carbocycles. The number of aliphatic hydroxyl groups is 2. The Balaban J connectivity index is 2.39. The number of hydrogen-bond acceptors (Lipinski definition) is 4. The highest BCUT2D eigenvalue weighted by Gasteiger charge is 2.30. The number of likely N-dealkylation sites (N-methyl/N-ethyl adjacent to an activating group) is 1. The van der Waals surface area contributed by atoms with E-state index < -0.39 is 17.8 Å². The first-order valence-electron chi connectivity index (χ1n) is 5.19. The first-order valence-corrected chi connectivity index (χ1v) is 5.19. The number of anilines is 2. The number of nitrogens with one attached hydrogen (secondary N) is 1. The maximum absolute atomic E-state index is 13.7. The quantitative estimate of drug-likeness (QED) is 0.707. The molecule has 3 N–H and O–H groups in total. The summed E-state index contributed by atoms with van der Waals surface area (Å²) >= 11 is 0. The van der Waals surface area contributed by atoms with E-state index in [0.717, 1.165) is 6.07 Å². The van der Waals surface area contributed by atoms with Gasteiger partial charge in [0, 0.05) is 24.8 Å². The lowest BCUT2D eigenvalue weighted by Crippen LogP contribution is -2.22. The zero-order valence-corrected chi connectivity index (χ0v) is 9.27. The van der Waals surface area contributed by atoms with Crippen LogP contribution in [-0.4, -0.2) is 36.3 Å². The predicted molar refractivity (Wildman–Crippen MR) is 60.3 cm³/mol. The third-order valence-corrected chi connectivity index (χ3v) is 2.77. The minimum absolute atomic E-state index is 0.0952. The fraction of sp³-hybridized carbons (Fsp3) is 0.364. The van der Waals surface area contributed by atoms with Crippen LogP contribution in [0.1, 0.15) is 11.7 Å². The lowest BCUT2D eigenvalue weighted by atomic mass is 10.1. The van der Waals surface area contributed by atoms with Crippen molar-refractivity contribution >= 4 is 17.3 Å². The van der Waals surface area contributed by atoms with Crippen LogP contribution < -0.4 is 10.2 Å². The lowest BCUT2D eigenvalue weighted by molar-refractivity contribution is -0.123. The minimum Gasteiger partial charge on any atom is -0.395 e. The second-order valence-electron chi connectivity index (χ2n) is 3.93. The molecule has 17 heavy (non-hydrogen) atoms. The number of fused-ring (bicyclic) bond motifs is 1. The molecule has 6 heteroatoms. The highest BCUT2D eigenvalue weighted by Crippen LogP contribution is 2.35. The third-order valence-electron chi connectivity index (χ3n) is 2.77. The zero-order valence-electron chi connectivity index (χ0n) is 9.27. The van der Waals surface area contributed by atoms with Gasteiger partial charge in [0.2, 0.25) is 0 Å². The predicted octanol–water partition coefficient (Wildman–Crippen LogP) is 0.240. The molecule has 1 amide bonds. The molecule has 0 spiro atoms. The Kier molecular flexibility index (Phi) is 2.99. The monoisotopic (exact) mass is 240 g/mol. The average molecular weight is 240 g/mol. The van der Waals surface area contributed by atoms with E-state index in [1.165, 1.54) is 11.0 Å². The molecule has 1 atom stereocenters. The largest absolute Gasteiger partial charge is 0.395 e. The Morgan fingerprint density at radius 1 is 1.53 bits per heavy atom. The molecule has 0 aromatic heterocycles. The molecule has 0 bridgehead atoms. The van der Waals surface area contributed by atoms with Crippen molar-refractivity contribution in [3.8, 4) is 0 Å². The standard InChI is InChI=1S/C11H13FN2O3/c1-14(2-3-15)9-5-8-6(4-7(9)12)10(16)11(17)13-8/h4-5,10,15-16H,2-3H2,1H3,(H,13,17). The fourth-order valence-corrected chi connectivity index (χ4v) is 1.82. The van der Waals surface area contributed by atoms with Crippen LogP contribution in [0, 0.1) is 5.82 Å². The van der Waals surface area contributed by atoms with Crippen LogP contribution in [0.3, 0.4) is 0 Å². The normalized spacial score (nSPS) is 17.9. The maximum atomic E-state index is 13.7. The molecule has 1 aromatic carbocycles. The Morgan fingerprint density at radius 3 is 2.88 bits per heavy atom. The van der Waals surface area contributed by atoms with Gasteiger partial charge in [0.15, 0.2) is 6.10 Å². The van der Waals surface area contributed by atoms with Crippen molar-refractivity contribution in [1.82, 2.24) is 0 Å². The van der Waals surface area contributed by atoms with Crippen LogP contribution in [0.2, 0.25) is 0 Å². The highest BCUT2D eigenvalue weighted by atomic mass is 19.1. The summed E-state index contributed by atoms with van der Waals surface area (Å²) < 4.78 is 13.7. The lowest BCUT2D eigenvalue weighted by Gasteiger charge is -2.19. The minimum atomic E-state index is -1.31. The average Bonchev–Trinajstić information content (AvgIpc) is 2.55. The Morgan fingerprint density at radius 2 is 2.24 bits per heavy atom. The van der Waals surface area contributed by atoms with Crippen molar-refractivity contribution in [2.75, 3.05) is 30.4 Å². The number of halogens is 1. The van der Waals surface area contributed by atoms with Gasteiger partial charge in [-0.25, -0.2) is 4.39 Å². The Bertz CT molecular complexity index is 464. The van der Waals surface area contributed by atoms with Gasteiger partial charge < -0.3 is 20.4 Å². The maximum Gasteiger partial charge on any atom is 0.257 e. The van der Waals surface area contributed by atoms with Crippen molar-refractivity contribution < 1.29 is 19.4 Å². The molecule has 1 heterocycles. The topological polar surface area (TPSA) is 72.8 Å². The second kappa shape index (κ2) is 4.31. The van der Waals surface area contributed by atoms with E-state index in [2.05, 4.69) is 5.32 Å². The van der Waals surface area contributed by atoms with Crippen molar-refractivity contribution in [2.45, 2.75) is 6.10 Å². The van der Waals surface area contributed by atoms with Gasteiger partial charge in [-0.1, -0.05) is 0 Å². The summed E-state index contributed by atoms with van der Waals surface area (Å²) in [5, 5.41) is 20.7. The molecule has 0 fully saturated rings. The van der Waals surface area contributed by atoms with E-state index in [1.54, 1.807) is 7.05 Å². The van der Waals surface area contributed by atoms with Crippen LogP contribution >= 0.6 is 0 Å². The molecule has 5 nitrogen and oxygen atoms in total. The van der Waals surface area contributed by atoms with Crippen molar-refractivity contribution in [1.29, 1.82) is 0 Å². The number of carbonyl (C=O) groups is 1. The number of carbonyl (C=O) groups excluding carboxylic acids is 1. The number of aliphatic hydroxyl groups excluding tert-OH is 2. The summed E-state index contributed by atoms with van der Waals surface area (Å²) in [5.41, 5.74) is 0.921. The first kappa shape index (κ1) is 11.8. The summed E-state index contributed by atoms with van der Waals surface area (Å²) in [4.78, 5) is 12.7. The summed E-state index contributed by atoms with van der Waals surface area (Å²) in [7, 11) is 1.63. The molecule has 2 rings (SSSR count). The van der Waals surface area contributed by atoms with Gasteiger partial charge in [0.1, 0.15) is 5.82 Å². The van der Waals surface area contributed by atoms with Crippen LogP contribution in [0.25, 0.3) is 0 Å². The number of hydrogen-bond donors (Lipinski definition) is 3. The number of benzene rings is 1. The van der Waals surface area contributed by atoms with E-state index in [0.29, 0.717) is 5.69 Å². The third kappa shape index (κ3) is 1.96. The molecular weight excluding hydrogens is 227 g/mol. The van der Waals surface area contributed by atoms with Gasteiger partial charge in [-0.2, -0.15) is 0 Å².